The molecule has 1 aliphatic carbocycles. The molecule has 0 amide bonds. The van der Waals surface area contributed by atoms with Crippen LogP contribution in [0.25, 0.3) is 16.2 Å². The smallest absolute Gasteiger partial charge is 0.278 e. The van der Waals surface area contributed by atoms with E-state index >= 15 is 0 Å². The number of rotatable bonds is 5. The standard InChI is InChI=1S/C16H16N6O3S2/c1-10-18-14(26-19-10)22-13-9-11(27(24,25)20-16(2)5-6-16)3-4-12(13)21(8-7-17)15(22)23/h3-4,9,20H,5-6,8H2,1-2H3. The van der Waals surface area contributed by atoms with Gasteiger partial charge in [0, 0.05) is 17.1 Å². The number of sulfonamides is 1. The van der Waals surface area contributed by atoms with Crippen molar-refractivity contribution in [1.82, 2.24) is 23.2 Å². The van der Waals surface area contributed by atoms with E-state index in [0.717, 1.165) is 24.4 Å². The maximum absolute atomic E-state index is 12.8. The van der Waals surface area contributed by atoms with Gasteiger partial charge >= 0.3 is 5.69 Å². The number of fused-ring (bicyclic) bond motifs is 1. The van der Waals surface area contributed by atoms with Crippen LogP contribution in [0.1, 0.15) is 25.6 Å². The van der Waals surface area contributed by atoms with Gasteiger partial charge in [0.15, 0.2) is 0 Å². The molecule has 2 aromatic heterocycles. The molecule has 9 nitrogen and oxygen atoms in total. The number of benzene rings is 1. The highest BCUT2D eigenvalue weighted by atomic mass is 32.2. The summed E-state index contributed by atoms with van der Waals surface area (Å²) in [6, 6.07) is 6.39. The monoisotopic (exact) mass is 404 g/mol. The topological polar surface area (TPSA) is 123 Å². The molecule has 1 fully saturated rings. The molecule has 0 unspecified atom stereocenters. The van der Waals surface area contributed by atoms with E-state index in [0.29, 0.717) is 22.0 Å². The maximum Gasteiger partial charge on any atom is 0.336 e. The van der Waals surface area contributed by atoms with E-state index in [2.05, 4.69) is 14.1 Å². The first kappa shape index (κ1) is 17.8. The lowest BCUT2D eigenvalue weighted by Crippen LogP contribution is -2.34. The molecule has 2 heterocycles. The van der Waals surface area contributed by atoms with E-state index in [4.69, 9.17) is 5.26 Å². The van der Waals surface area contributed by atoms with Crippen LogP contribution in [0.5, 0.6) is 0 Å². The number of nitriles is 1. The zero-order valence-corrected chi connectivity index (χ0v) is 16.3. The first-order valence-corrected chi connectivity index (χ1v) is 10.5. The number of aryl methyl sites for hydroxylation is 1. The number of aromatic nitrogens is 4. The summed E-state index contributed by atoms with van der Waals surface area (Å²) in [5, 5.41) is 9.39. The van der Waals surface area contributed by atoms with Crippen molar-refractivity contribution in [3.8, 4) is 11.2 Å². The fourth-order valence-electron chi connectivity index (χ4n) is 2.86. The number of nitrogens with one attached hydrogen (secondary N) is 1. The van der Waals surface area contributed by atoms with Gasteiger partial charge in [-0.1, -0.05) is 0 Å². The van der Waals surface area contributed by atoms with Crippen molar-refractivity contribution >= 4 is 32.6 Å². The van der Waals surface area contributed by atoms with Gasteiger partial charge in [-0.25, -0.2) is 27.5 Å². The Morgan fingerprint density at radius 1 is 1.37 bits per heavy atom. The van der Waals surface area contributed by atoms with Crippen molar-refractivity contribution in [3.05, 3.63) is 34.5 Å². The summed E-state index contributed by atoms with van der Waals surface area (Å²) >= 11 is 1.04. The molecule has 0 aliphatic heterocycles. The molecule has 1 aliphatic rings. The molecular weight excluding hydrogens is 388 g/mol. The van der Waals surface area contributed by atoms with Gasteiger partial charge in [-0.2, -0.15) is 9.64 Å². The predicted octanol–water partition coefficient (Wildman–Crippen LogP) is 1.31. The van der Waals surface area contributed by atoms with Gasteiger partial charge in [0.1, 0.15) is 12.4 Å². The fourth-order valence-corrected chi connectivity index (χ4v) is 5.03. The Morgan fingerprint density at radius 2 is 2.11 bits per heavy atom. The summed E-state index contributed by atoms with van der Waals surface area (Å²) in [5.41, 5.74) is -0.0307. The molecule has 4 rings (SSSR count). The molecule has 3 aromatic rings. The van der Waals surface area contributed by atoms with Crippen LogP contribution in [-0.4, -0.2) is 32.4 Å². The summed E-state index contributed by atoms with van der Waals surface area (Å²) in [4.78, 5) is 17.1. The minimum Gasteiger partial charge on any atom is -0.278 e. The van der Waals surface area contributed by atoms with Crippen LogP contribution in [0.4, 0.5) is 0 Å². The molecule has 0 atom stereocenters. The Bertz CT molecular complexity index is 1260. The first-order valence-electron chi connectivity index (χ1n) is 8.21. The molecule has 1 aromatic carbocycles. The van der Waals surface area contributed by atoms with Crippen LogP contribution in [0.3, 0.4) is 0 Å². The zero-order chi connectivity index (χ0) is 19.4. The summed E-state index contributed by atoms with van der Waals surface area (Å²) < 4.78 is 34.8. The molecule has 11 heteroatoms. The average molecular weight is 404 g/mol. The summed E-state index contributed by atoms with van der Waals surface area (Å²) in [7, 11) is -3.73. The van der Waals surface area contributed by atoms with Gasteiger partial charge < -0.3 is 0 Å². The van der Waals surface area contributed by atoms with Crippen molar-refractivity contribution in [3.63, 3.8) is 0 Å². The Kier molecular flexibility index (Phi) is 3.95. The third kappa shape index (κ3) is 3.05. The normalized spacial score (nSPS) is 15.7. The lowest BCUT2D eigenvalue weighted by molar-refractivity contribution is 0.558. The van der Waals surface area contributed by atoms with Crippen molar-refractivity contribution in [1.29, 1.82) is 5.26 Å². The fraction of sp³-hybridized carbons (Fsp3) is 0.375. The van der Waals surface area contributed by atoms with Crippen LogP contribution >= 0.6 is 11.5 Å². The van der Waals surface area contributed by atoms with E-state index in [1.54, 1.807) is 13.0 Å². The Labute approximate surface area is 159 Å². The SMILES string of the molecule is Cc1nsc(-n2c(=O)n(CC#N)c3ccc(S(=O)(=O)NC4(C)CC4)cc32)n1. The van der Waals surface area contributed by atoms with Crippen LogP contribution in [-0.2, 0) is 16.6 Å². The van der Waals surface area contributed by atoms with Crippen molar-refractivity contribution in [2.75, 3.05) is 0 Å². The van der Waals surface area contributed by atoms with Crippen molar-refractivity contribution in [2.24, 2.45) is 0 Å². The number of hydrogen-bond donors (Lipinski definition) is 1. The zero-order valence-electron chi connectivity index (χ0n) is 14.6. The molecule has 0 spiro atoms. The number of hydrogen-bond acceptors (Lipinski definition) is 7. The molecule has 0 bridgehead atoms. The number of imidazole rings is 1. The van der Waals surface area contributed by atoms with Gasteiger partial charge in [-0.05, 0) is 44.9 Å². The lowest BCUT2D eigenvalue weighted by atomic mass is 10.3. The summed E-state index contributed by atoms with van der Waals surface area (Å²) in [5.74, 6) is 0.509. The third-order valence-corrected chi connectivity index (χ3v) is 6.96. The maximum atomic E-state index is 12.8. The molecule has 1 N–H and O–H groups in total. The van der Waals surface area contributed by atoms with Crippen molar-refractivity contribution < 1.29 is 8.42 Å². The highest BCUT2D eigenvalue weighted by Crippen LogP contribution is 2.36. The van der Waals surface area contributed by atoms with Gasteiger partial charge in [0.25, 0.3) is 0 Å². The van der Waals surface area contributed by atoms with Gasteiger partial charge in [0.2, 0.25) is 15.2 Å². The average Bonchev–Trinajstić information content (AvgIpc) is 3.05. The first-order chi connectivity index (χ1) is 12.7. The molecule has 27 heavy (non-hydrogen) atoms. The highest BCUT2D eigenvalue weighted by Gasteiger charge is 2.41. The van der Waals surface area contributed by atoms with Gasteiger partial charge in [-0.3, -0.25) is 4.57 Å². The van der Waals surface area contributed by atoms with E-state index in [9.17, 15) is 13.2 Å². The van der Waals surface area contributed by atoms with Crippen LogP contribution in [0, 0.1) is 18.3 Å². The van der Waals surface area contributed by atoms with Crippen LogP contribution < -0.4 is 10.4 Å². The lowest BCUT2D eigenvalue weighted by Gasteiger charge is -2.12. The van der Waals surface area contributed by atoms with E-state index in [-0.39, 0.29) is 11.4 Å². The second kappa shape index (κ2) is 5.98. The predicted molar refractivity (Wildman–Crippen MR) is 99.3 cm³/mol. The third-order valence-electron chi connectivity index (χ3n) is 4.53. The highest BCUT2D eigenvalue weighted by molar-refractivity contribution is 7.89. The molecule has 0 saturated heterocycles. The Balaban J connectivity index is 1.94. The molecule has 140 valence electrons. The second-order valence-electron chi connectivity index (χ2n) is 6.80. The number of nitrogens with zero attached hydrogens (tertiary/aromatic N) is 5. The van der Waals surface area contributed by atoms with E-state index < -0.39 is 21.3 Å². The van der Waals surface area contributed by atoms with Gasteiger partial charge in [0.05, 0.1) is 22.0 Å². The molecular formula is C16H16N6O3S2. The minimum absolute atomic E-state index is 0.0622. The minimum atomic E-state index is -3.73. The second-order valence-corrected chi connectivity index (χ2v) is 9.22. The molecule has 1 saturated carbocycles. The van der Waals surface area contributed by atoms with Gasteiger partial charge in [-0.15, -0.1) is 0 Å². The molecule has 0 radical (unpaired) electrons. The quantitative estimate of drug-likeness (QED) is 0.684. The van der Waals surface area contributed by atoms with Crippen molar-refractivity contribution in [2.45, 2.75) is 43.7 Å². The summed E-state index contributed by atoms with van der Waals surface area (Å²) in [6.45, 7) is 3.41. The Morgan fingerprint density at radius 3 is 2.70 bits per heavy atom. The van der Waals surface area contributed by atoms with E-state index in [1.807, 2.05) is 13.0 Å². The van der Waals surface area contributed by atoms with E-state index in [1.165, 1.54) is 21.3 Å². The van der Waals surface area contributed by atoms with Crippen LogP contribution in [0.15, 0.2) is 27.9 Å². The largest absolute Gasteiger partial charge is 0.336 e. The summed E-state index contributed by atoms with van der Waals surface area (Å²) in [6.07, 6.45) is 1.59. The Hall–Kier alpha value is -2.55. The van der Waals surface area contributed by atoms with Crippen LogP contribution in [0.2, 0.25) is 0 Å².